The van der Waals surface area contributed by atoms with E-state index in [9.17, 15) is 22.8 Å². The Labute approximate surface area is 261 Å². The highest BCUT2D eigenvalue weighted by Gasteiger charge is 2.55. The first-order chi connectivity index (χ1) is 19.8. The Morgan fingerprint density at radius 1 is 1.05 bits per heavy atom. The van der Waals surface area contributed by atoms with Crippen LogP contribution in [0.15, 0.2) is 28.7 Å². The molecule has 2 aliphatic heterocycles. The standard InChI is InChI=1S/C28H41BrN2O11S/c1-16(2)14-19(30-26(34)42-27(3,4)5)24(32)31-43(35,36)38-15-21-23-22(40-28(6,7)41-23)20(39-21)12-13-37-25(33)17-8-10-18(29)11-9-17/h8-11,16,19-23H,12-15H2,1-7H3,(H,30,34)(H,31,32). The van der Waals surface area contributed by atoms with E-state index in [1.165, 1.54) is 0 Å². The van der Waals surface area contributed by atoms with Crippen LogP contribution < -0.4 is 10.0 Å². The summed E-state index contributed by atoms with van der Waals surface area (Å²) in [5.74, 6) is -2.48. The van der Waals surface area contributed by atoms with Crippen molar-refractivity contribution in [3.63, 3.8) is 0 Å². The molecule has 2 amide bonds. The Bertz CT molecular complexity index is 1250. The van der Waals surface area contributed by atoms with Crippen LogP contribution in [0.1, 0.15) is 71.7 Å². The first kappa shape index (κ1) is 35.2. The molecule has 1 aromatic rings. The van der Waals surface area contributed by atoms with Crippen LogP contribution in [0.5, 0.6) is 0 Å². The molecule has 15 heteroatoms. The van der Waals surface area contributed by atoms with E-state index in [0.717, 1.165) is 4.47 Å². The number of hydrogen-bond acceptors (Lipinski definition) is 11. The van der Waals surface area contributed by atoms with Crippen molar-refractivity contribution in [3.8, 4) is 0 Å². The summed E-state index contributed by atoms with van der Waals surface area (Å²) in [5, 5.41) is 2.42. The maximum Gasteiger partial charge on any atom is 0.408 e. The number of benzene rings is 1. The first-order valence-corrected chi connectivity index (χ1v) is 16.2. The normalized spacial score (nSPS) is 23.8. The van der Waals surface area contributed by atoms with Crippen LogP contribution in [0, 0.1) is 5.92 Å². The minimum atomic E-state index is -4.60. The van der Waals surface area contributed by atoms with Crippen molar-refractivity contribution in [1.82, 2.24) is 10.0 Å². The number of carbonyl (C=O) groups excluding carboxylic acids is 3. The molecule has 3 rings (SSSR count). The van der Waals surface area contributed by atoms with Crippen molar-refractivity contribution >= 4 is 44.2 Å². The molecule has 0 bridgehead atoms. The van der Waals surface area contributed by atoms with Gasteiger partial charge in [0.15, 0.2) is 5.79 Å². The van der Waals surface area contributed by atoms with Gasteiger partial charge in [0.25, 0.3) is 5.91 Å². The molecule has 2 aliphatic rings. The summed E-state index contributed by atoms with van der Waals surface area (Å²) < 4.78 is 61.8. The van der Waals surface area contributed by atoms with Crippen molar-refractivity contribution in [3.05, 3.63) is 34.3 Å². The fourth-order valence-corrected chi connectivity index (χ4v) is 5.63. The molecule has 2 heterocycles. The topological polar surface area (TPSA) is 165 Å². The highest BCUT2D eigenvalue weighted by Crippen LogP contribution is 2.40. The quantitative estimate of drug-likeness (QED) is 0.308. The van der Waals surface area contributed by atoms with Gasteiger partial charge in [0, 0.05) is 10.9 Å². The summed E-state index contributed by atoms with van der Waals surface area (Å²) in [6.07, 6.45) is -3.12. The van der Waals surface area contributed by atoms with Gasteiger partial charge in [0.1, 0.15) is 30.0 Å². The van der Waals surface area contributed by atoms with Crippen LogP contribution in [0.25, 0.3) is 0 Å². The number of rotatable bonds is 12. The van der Waals surface area contributed by atoms with Gasteiger partial charge in [-0.2, -0.15) is 8.42 Å². The van der Waals surface area contributed by atoms with Crippen LogP contribution in [0.3, 0.4) is 0 Å². The highest BCUT2D eigenvalue weighted by atomic mass is 79.9. The molecule has 0 aromatic heterocycles. The number of alkyl carbamates (subject to hydrolysis) is 1. The Morgan fingerprint density at radius 2 is 1.65 bits per heavy atom. The summed E-state index contributed by atoms with van der Waals surface area (Å²) in [6.45, 7) is 11.6. The lowest BCUT2D eigenvalue weighted by atomic mass is 10.0. The molecule has 0 saturated carbocycles. The second-order valence-electron chi connectivity index (χ2n) is 12.2. The molecule has 0 spiro atoms. The summed E-state index contributed by atoms with van der Waals surface area (Å²) >= 11 is 3.32. The van der Waals surface area contributed by atoms with E-state index >= 15 is 0 Å². The largest absolute Gasteiger partial charge is 0.462 e. The second kappa shape index (κ2) is 14.2. The monoisotopic (exact) mass is 692 g/mol. The maximum atomic E-state index is 12.8. The fourth-order valence-electron chi connectivity index (χ4n) is 4.61. The molecule has 43 heavy (non-hydrogen) atoms. The lowest BCUT2D eigenvalue weighted by molar-refractivity contribution is -0.190. The summed E-state index contributed by atoms with van der Waals surface area (Å²) in [4.78, 5) is 37.5. The van der Waals surface area contributed by atoms with Crippen LogP contribution >= 0.6 is 15.9 Å². The predicted octanol–water partition coefficient (Wildman–Crippen LogP) is 3.60. The zero-order valence-electron chi connectivity index (χ0n) is 25.4. The zero-order valence-corrected chi connectivity index (χ0v) is 27.8. The van der Waals surface area contributed by atoms with Crippen LogP contribution in [-0.4, -0.2) is 81.4 Å². The highest BCUT2D eigenvalue weighted by molar-refractivity contribution is 9.10. The van der Waals surface area contributed by atoms with Gasteiger partial charge in [-0.1, -0.05) is 29.8 Å². The molecular weight excluding hydrogens is 652 g/mol. The molecule has 2 N–H and O–H groups in total. The zero-order chi connectivity index (χ0) is 32.2. The maximum absolute atomic E-state index is 12.8. The number of carbonyl (C=O) groups is 3. The van der Waals surface area contributed by atoms with Gasteiger partial charge in [0.2, 0.25) is 0 Å². The Balaban J connectivity index is 1.57. The third kappa shape index (κ3) is 11.0. The number of amides is 2. The van der Waals surface area contributed by atoms with Gasteiger partial charge in [-0.25, -0.2) is 14.3 Å². The van der Waals surface area contributed by atoms with Crippen molar-refractivity contribution in [1.29, 1.82) is 0 Å². The molecule has 13 nitrogen and oxygen atoms in total. The lowest BCUT2D eigenvalue weighted by Gasteiger charge is -2.25. The molecule has 5 unspecified atom stereocenters. The summed E-state index contributed by atoms with van der Waals surface area (Å²) in [7, 11) is -4.60. The molecule has 2 fully saturated rings. The van der Waals surface area contributed by atoms with Gasteiger partial charge in [-0.3, -0.25) is 8.98 Å². The predicted molar refractivity (Wildman–Crippen MR) is 157 cm³/mol. The number of nitrogens with one attached hydrogen (secondary N) is 2. The molecular formula is C28H41BrN2O11S. The van der Waals surface area contributed by atoms with Crippen molar-refractivity contribution in [2.24, 2.45) is 5.92 Å². The number of ether oxygens (including phenoxy) is 5. The van der Waals surface area contributed by atoms with Gasteiger partial charge < -0.3 is 29.0 Å². The smallest absolute Gasteiger partial charge is 0.408 e. The van der Waals surface area contributed by atoms with E-state index in [4.69, 9.17) is 27.9 Å². The van der Waals surface area contributed by atoms with Crippen LogP contribution in [0.4, 0.5) is 4.79 Å². The Hall–Kier alpha value is -2.30. The molecule has 2 saturated heterocycles. The number of esters is 1. The van der Waals surface area contributed by atoms with E-state index in [0.29, 0.717) is 5.56 Å². The fraction of sp³-hybridized carbons (Fsp3) is 0.679. The van der Waals surface area contributed by atoms with Gasteiger partial charge in [-0.15, -0.1) is 0 Å². The average molecular weight is 694 g/mol. The van der Waals surface area contributed by atoms with Gasteiger partial charge in [-0.05, 0) is 71.2 Å². The summed E-state index contributed by atoms with van der Waals surface area (Å²) in [5.41, 5.74) is -0.415. The SMILES string of the molecule is CC(C)CC(NC(=O)OC(C)(C)C)C(=O)NS(=O)(=O)OCC1OC(CCOC(=O)c2ccc(Br)cc2)C2OC(C)(C)OC12. The van der Waals surface area contributed by atoms with E-state index in [1.54, 1.807) is 58.9 Å². The minimum absolute atomic E-state index is 0.0242. The lowest BCUT2D eigenvalue weighted by Crippen LogP contribution is -2.50. The first-order valence-electron chi connectivity index (χ1n) is 14.0. The molecule has 5 atom stereocenters. The van der Waals surface area contributed by atoms with E-state index in [2.05, 4.69) is 21.2 Å². The van der Waals surface area contributed by atoms with Crippen LogP contribution in [0.2, 0.25) is 0 Å². The third-order valence-electron chi connectivity index (χ3n) is 6.29. The van der Waals surface area contributed by atoms with E-state index < -0.39 is 76.7 Å². The minimum Gasteiger partial charge on any atom is -0.462 e. The average Bonchev–Trinajstić information content (AvgIpc) is 3.34. The van der Waals surface area contributed by atoms with Gasteiger partial charge in [0.05, 0.1) is 24.9 Å². The van der Waals surface area contributed by atoms with Crippen molar-refractivity contribution in [2.75, 3.05) is 13.2 Å². The van der Waals surface area contributed by atoms with Crippen LogP contribution in [-0.2, 0) is 43.0 Å². The number of halogens is 1. The second-order valence-corrected chi connectivity index (χ2v) is 14.5. The van der Waals surface area contributed by atoms with Gasteiger partial charge >= 0.3 is 22.4 Å². The Kier molecular flexibility index (Phi) is 11.6. The van der Waals surface area contributed by atoms with E-state index in [-0.39, 0.29) is 25.4 Å². The Morgan fingerprint density at radius 3 is 2.23 bits per heavy atom. The van der Waals surface area contributed by atoms with Crippen molar-refractivity contribution < 1.29 is 50.7 Å². The molecule has 242 valence electrons. The molecule has 0 aliphatic carbocycles. The number of hydrogen-bond donors (Lipinski definition) is 2. The third-order valence-corrected chi connectivity index (χ3v) is 7.72. The van der Waals surface area contributed by atoms with E-state index in [1.807, 2.05) is 18.6 Å². The number of fused-ring (bicyclic) bond motifs is 1. The summed E-state index contributed by atoms with van der Waals surface area (Å²) in [6, 6.07) is 5.55. The van der Waals surface area contributed by atoms with Crippen molar-refractivity contribution in [2.45, 2.75) is 103 Å². The molecule has 0 radical (unpaired) electrons. The molecule has 1 aromatic carbocycles.